The number of anilines is 2. The fourth-order valence-electron chi connectivity index (χ4n) is 1.95. The second kappa shape index (κ2) is 5.37. The Morgan fingerprint density at radius 1 is 1.45 bits per heavy atom. The number of aromatic amines is 1. The number of imidazole rings is 1. The fourth-order valence-corrected chi connectivity index (χ4v) is 3.45. The summed E-state index contributed by atoms with van der Waals surface area (Å²) in [6.45, 7) is 0.782. The van der Waals surface area contributed by atoms with Crippen molar-refractivity contribution in [1.29, 1.82) is 0 Å². The van der Waals surface area contributed by atoms with Crippen molar-refractivity contribution in [3.63, 3.8) is 0 Å². The van der Waals surface area contributed by atoms with Crippen molar-refractivity contribution < 1.29 is 0 Å². The van der Waals surface area contributed by atoms with E-state index in [1.54, 1.807) is 24.7 Å². The van der Waals surface area contributed by atoms with Crippen LogP contribution < -0.4 is 10.2 Å². The van der Waals surface area contributed by atoms with Gasteiger partial charge in [-0.3, -0.25) is 0 Å². The lowest BCUT2D eigenvalue weighted by atomic mass is 10.4. The largest absolute Gasteiger partial charge is 0.357 e. The third-order valence-corrected chi connectivity index (χ3v) is 4.55. The smallest absolute Gasteiger partial charge is 0.226 e. The zero-order valence-corrected chi connectivity index (χ0v) is 13.4. The molecule has 104 valence electrons. The van der Waals surface area contributed by atoms with Gasteiger partial charge in [0.15, 0.2) is 11.5 Å². The van der Waals surface area contributed by atoms with E-state index in [0.29, 0.717) is 11.6 Å². The van der Waals surface area contributed by atoms with Crippen LogP contribution >= 0.6 is 27.3 Å². The Morgan fingerprint density at radius 2 is 2.30 bits per heavy atom. The predicted octanol–water partition coefficient (Wildman–Crippen LogP) is 2.86. The van der Waals surface area contributed by atoms with Crippen LogP contribution in [0, 0.1) is 0 Å². The number of nitrogens with one attached hydrogen (secondary N) is 2. The van der Waals surface area contributed by atoms with Crippen LogP contribution in [0.15, 0.2) is 22.2 Å². The van der Waals surface area contributed by atoms with Gasteiger partial charge in [0.1, 0.15) is 5.52 Å². The molecule has 0 aliphatic carbocycles. The van der Waals surface area contributed by atoms with Crippen molar-refractivity contribution in [3.05, 3.63) is 27.1 Å². The summed E-state index contributed by atoms with van der Waals surface area (Å²) in [5, 5.41) is 5.04. The summed E-state index contributed by atoms with van der Waals surface area (Å²) in [6.07, 6.45) is 1.64. The molecule has 3 aromatic rings. The number of nitrogens with zero attached hydrogens (tertiary/aromatic N) is 4. The Kier molecular flexibility index (Phi) is 3.58. The molecule has 0 aromatic carbocycles. The van der Waals surface area contributed by atoms with Crippen LogP contribution in [0.2, 0.25) is 0 Å². The minimum atomic E-state index is 0.568. The maximum Gasteiger partial charge on any atom is 0.226 e. The first-order chi connectivity index (χ1) is 9.67. The van der Waals surface area contributed by atoms with Crippen LogP contribution in [-0.4, -0.2) is 34.0 Å². The van der Waals surface area contributed by atoms with Crippen molar-refractivity contribution in [3.8, 4) is 0 Å². The minimum Gasteiger partial charge on any atom is -0.357 e. The number of thiophene rings is 1. The van der Waals surface area contributed by atoms with Gasteiger partial charge in [-0.1, -0.05) is 0 Å². The molecule has 0 radical (unpaired) electrons. The third-order valence-electron chi connectivity index (χ3n) is 2.87. The van der Waals surface area contributed by atoms with Gasteiger partial charge < -0.3 is 15.2 Å². The highest BCUT2D eigenvalue weighted by molar-refractivity contribution is 9.10. The highest BCUT2D eigenvalue weighted by Crippen LogP contribution is 2.26. The van der Waals surface area contributed by atoms with Crippen LogP contribution in [-0.2, 0) is 6.54 Å². The molecule has 0 aliphatic heterocycles. The van der Waals surface area contributed by atoms with Gasteiger partial charge >= 0.3 is 0 Å². The van der Waals surface area contributed by atoms with Crippen LogP contribution in [0.4, 0.5) is 11.8 Å². The molecule has 2 N–H and O–H groups in total. The second-order valence-electron chi connectivity index (χ2n) is 4.31. The van der Waals surface area contributed by atoms with Gasteiger partial charge in [-0.25, -0.2) is 4.98 Å². The molecular formula is C12H13BrN6S. The average Bonchev–Trinajstić information content (AvgIpc) is 3.06. The van der Waals surface area contributed by atoms with Gasteiger partial charge in [-0.2, -0.15) is 9.97 Å². The monoisotopic (exact) mass is 352 g/mol. The molecule has 0 spiro atoms. The Hall–Kier alpha value is -1.67. The van der Waals surface area contributed by atoms with Gasteiger partial charge in [0, 0.05) is 28.8 Å². The summed E-state index contributed by atoms with van der Waals surface area (Å²) < 4.78 is 1.11. The SMILES string of the molecule is CNc1nc(N(C)Cc2cc(Br)cs2)c2[nH]cnc2n1. The predicted molar refractivity (Wildman–Crippen MR) is 85.4 cm³/mol. The lowest BCUT2D eigenvalue weighted by molar-refractivity contribution is 0.913. The molecule has 0 atom stereocenters. The normalized spacial score (nSPS) is 10.9. The number of rotatable bonds is 4. The van der Waals surface area contributed by atoms with Crippen LogP contribution in [0.25, 0.3) is 11.2 Å². The van der Waals surface area contributed by atoms with Crippen molar-refractivity contribution in [2.24, 2.45) is 0 Å². The number of H-pyrrole nitrogens is 1. The van der Waals surface area contributed by atoms with Gasteiger partial charge in [0.25, 0.3) is 0 Å². The first-order valence-corrected chi connectivity index (χ1v) is 7.67. The average molecular weight is 353 g/mol. The molecule has 0 fully saturated rings. The van der Waals surface area contributed by atoms with Gasteiger partial charge in [-0.05, 0) is 22.0 Å². The van der Waals surface area contributed by atoms with E-state index in [1.807, 2.05) is 7.05 Å². The van der Waals surface area contributed by atoms with Crippen LogP contribution in [0.1, 0.15) is 4.88 Å². The van der Waals surface area contributed by atoms with E-state index in [2.05, 4.69) is 57.5 Å². The molecule has 0 aliphatic rings. The quantitative estimate of drug-likeness (QED) is 0.755. The highest BCUT2D eigenvalue weighted by atomic mass is 79.9. The molecule has 0 unspecified atom stereocenters. The topological polar surface area (TPSA) is 69.7 Å². The fraction of sp³-hybridized carbons (Fsp3) is 0.250. The standard InChI is InChI=1S/C12H13BrN6S/c1-14-12-17-10-9(15-6-16-10)11(18-12)19(2)4-8-3-7(13)5-20-8/h3,5-6H,4H2,1-2H3,(H2,14,15,16,17,18). The van der Waals surface area contributed by atoms with E-state index < -0.39 is 0 Å². The summed E-state index contributed by atoms with van der Waals surface area (Å²) >= 11 is 5.19. The number of halogens is 1. The Morgan fingerprint density at radius 3 is 3.00 bits per heavy atom. The number of aromatic nitrogens is 4. The Balaban J connectivity index is 1.97. The molecule has 0 amide bonds. The van der Waals surface area contributed by atoms with E-state index in [1.165, 1.54) is 4.88 Å². The number of fused-ring (bicyclic) bond motifs is 1. The first kappa shape index (κ1) is 13.3. The molecule has 0 saturated heterocycles. The molecule has 20 heavy (non-hydrogen) atoms. The van der Waals surface area contributed by atoms with Crippen molar-refractivity contribution in [2.45, 2.75) is 6.54 Å². The summed E-state index contributed by atoms with van der Waals surface area (Å²) in [5.74, 6) is 1.40. The maximum absolute atomic E-state index is 4.52. The zero-order valence-electron chi connectivity index (χ0n) is 11.0. The molecular weight excluding hydrogens is 340 g/mol. The van der Waals surface area contributed by atoms with E-state index in [9.17, 15) is 0 Å². The molecule has 8 heteroatoms. The van der Waals surface area contributed by atoms with Crippen LogP contribution in [0.5, 0.6) is 0 Å². The van der Waals surface area contributed by atoms with Gasteiger partial charge in [0.2, 0.25) is 5.95 Å². The maximum atomic E-state index is 4.52. The molecule has 0 bridgehead atoms. The van der Waals surface area contributed by atoms with Crippen molar-refractivity contribution in [2.75, 3.05) is 24.3 Å². The van der Waals surface area contributed by atoms with Crippen molar-refractivity contribution in [1.82, 2.24) is 19.9 Å². The van der Waals surface area contributed by atoms with E-state index in [0.717, 1.165) is 22.4 Å². The first-order valence-electron chi connectivity index (χ1n) is 6.00. The Labute approximate surface area is 128 Å². The second-order valence-corrected chi connectivity index (χ2v) is 6.22. The zero-order chi connectivity index (χ0) is 14.1. The minimum absolute atomic E-state index is 0.568. The number of hydrogen-bond donors (Lipinski definition) is 2. The molecule has 3 aromatic heterocycles. The van der Waals surface area contributed by atoms with Gasteiger partial charge in [0.05, 0.1) is 12.9 Å². The van der Waals surface area contributed by atoms with E-state index in [-0.39, 0.29) is 0 Å². The molecule has 0 saturated carbocycles. The summed E-state index contributed by atoms with van der Waals surface area (Å²) in [4.78, 5) is 19.5. The van der Waals surface area contributed by atoms with Crippen molar-refractivity contribution >= 4 is 50.2 Å². The summed E-state index contributed by atoms with van der Waals surface area (Å²) in [7, 11) is 3.81. The van der Waals surface area contributed by atoms with Gasteiger partial charge in [-0.15, -0.1) is 11.3 Å². The lowest BCUT2D eigenvalue weighted by Gasteiger charge is -2.18. The Bertz CT molecular complexity index is 736. The molecule has 3 rings (SSSR count). The third kappa shape index (κ3) is 2.48. The summed E-state index contributed by atoms with van der Waals surface area (Å²) in [5.41, 5.74) is 1.51. The molecule has 3 heterocycles. The van der Waals surface area contributed by atoms with E-state index in [4.69, 9.17) is 0 Å². The lowest BCUT2D eigenvalue weighted by Crippen LogP contribution is -2.18. The summed E-state index contributed by atoms with van der Waals surface area (Å²) in [6, 6.07) is 2.12. The van der Waals surface area contributed by atoms with Crippen LogP contribution in [0.3, 0.4) is 0 Å². The molecule has 6 nitrogen and oxygen atoms in total. The number of hydrogen-bond acceptors (Lipinski definition) is 6. The highest BCUT2D eigenvalue weighted by Gasteiger charge is 2.14. The van der Waals surface area contributed by atoms with E-state index >= 15 is 0 Å².